The number of nitrogens with zero attached hydrogens (tertiary/aromatic N) is 3. The summed E-state index contributed by atoms with van der Waals surface area (Å²) in [5.74, 6) is 0.613. The van der Waals surface area contributed by atoms with E-state index >= 15 is 0 Å². The van der Waals surface area contributed by atoms with Gasteiger partial charge in [0.25, 0.3) is 10.0 Å². The number of H-pyrrole nitrogens is 1. The van der Waals surface area contributed by atoms with Crippen molar-refractivity contribution in [1.82, 2.24) is 15.2 Å². The fraction of sp³-hybridized carbons (Fsp3) is 0.176. The molecule has 0 saturated carbocycles. The minimum absolute atomic E-state index is 0.182. The van der Waals surface area contributed by atoms with Crippen LogP contribution in [0, 0.1) is 6.92 Å². The Bertz CT molecular complexity index is 2050. The third kappa shape index (κ3) is 5.33. The van der Waals surface area contributed by atoms with Gasteiger partial charge in [-0.15, -0.1) is 10.2 Å². The van der Waals surface area contributed by atoms with Gasteiger partial charge in [0, 0.05) is 39.7 Å². The third-order valence-electron chi connectivity index (χ3n) is 8.27. The smallest absolute Gasteiger partial charge is 0.261 e. The Balaban J connectivity index is 1.08. The predicted octanol–water partition coefficient (Wildman–Crippen LogP) is 6.70. The fourth-order valence-electron chi connectivity index (χ4n) is 5.95. The Morgan fingerprint density at radius 2 is 1.60 bits per heavy atom. The van der Waals surface area contributed by atoms with Gasteiger partial charge in [0.2, 0.25) is 11.8 Å². The largest absolute Gasteiger partial charge is 0.416 e. The van der Waals surface area contributed by atoms with E-state index in [2.05, 4.69) is 63.3 Å². The number of aromatic nitrogens is 3. The SMILES string of the molecule is Cc1ccc(S(=O)(=O)Nc2ccccc2-c2nnc(-c3ccc(C[N@+]4(C)CCc5[nH]c6ccccc6c5C4)cc3)o2)cc1. The van der Waals surface area contributed by atoms with Crippen molar-refractivity contribution >= 4 is 26.6 Å². The number of aromatic amines is 1. The monoisotopic (exact) mass is 590 g/mol. The molecule has 1 aliphatic rings. The molecule has 0 fully saturated rings. The molecular weight excluding hydrogens is 558 g/mol. The van der Waals surface area contributed by atoms with Crippen molar-refractivity contribution in [3.05, 3.63) is 119 Å². The maximum absolute atomic E-state index is 13.0. The number of sulfonamides is 1. The number of fused-ring (bicyclic) bond motifs is 3. The van der Waals surface area contributed by atoms with Crippen molar-refractivity contribution in [2.75, 3.05) is 18.3 Å². The van der Waals surface area contributed by atoms with Crippen LogP contribution in [0.25, 0.3) is 33.8 Å². The van der Waals surface area contributed by atoms with E-state index in [1.165, 1.54) is 27.7 Å². The molecule has 9 heteroatoms. The number of quaternary nitrogens is 1. The molecule has 1 aliphatic heterocycles. The van der Waals surface area contributed by atoms with Crippen LogP contribution < -0.4 is 4.72 Å². The third-order valence-corrected chi connectivity index (χ3v) is 9.65. The van der Waals surface area contributed by atoms with Gasteiger partial charge >= 0.3 is 0 Å². The van der Waals surface area contributed by atoms with E-state index in [0.717, 1.165) is 41.7 Å². The van der Waals surface area contributed by atoms with Crippen LogP contribution in [0.1, 0.15) is 22.4 Å². The molecule has 8 nitrogen and oxygen atoms in total. The van der Waals surface area contributed by atoms with Gasteiger partial charge in [0.1, 0.15) is 13.1 Å². The average molecular weight is 591 g/mol. The second-order valence-corrected chi connectivity index (χ2v) is 13.3. The van der Waals surface area contributed by atoms with Crippen molar-refractivity contribution in [3.63, 3.8) is 0 Å². The highest BCUT2D eigenvalue weighted by Gasteiger charge is 2.31. The Morgan fingerprint density at radius 3 is 2.42 bits per heavy atom. The number of nitrogens with one attached hydrogen (secondary N) is 2. The lowest BCUT2D eigenvalue weighted by Gasteiger charge is -2.38. The quantitative estimate of drug-likeness (QED) is 0.202. The minimum Gasteiger partial charge on any atom is -0.416 e. The van der Waals surface area contributed by atoms with Gasteiger partial charge in [0.15, 0.2) is 0 Å². The molecule has 0 amide bonds. The van der Waals surface area contributed by atoms with Crippen LogP contribution in [0.3, 0.4) is 0 Å². The zero-order chi connectivity index (χ0) is 29.6. The molecule has 4 aromatic carbocycles. The molecule has 216 valence electrons. The first kappa shape index (κ1) is 27.1. The van der Waals surface area contributed by atoms with Crippen molar-refractivity contribution < 1.29 is 17.3 Å². The summed E-state index contributed by atoms with van der Waals surface area (Å²) in [5.41, 5.74) is 7.92. The summed E-state index contributed by atoms with van der Waals surface area (Å²) in [7, 11) is -1.47. The highest BCUT2D eigenvalue weighted by molar-refractivity contribution is 7.92. The van der Waals surface area contributed by atoms with Crippen LogP contribution in [0.4, 0.5) is 5.69 Å². The Labute approximate surface area is 250 Å². The molecule has 0 bridgehead atoms. The average Bonchev–Trinajstić information content (AvgIpc) is 3.63. The van der Waals surface area contributed by atoms with Gasteiger partial charge in [-0.3, -0.25) is 4.72 Å². The summed E-state index contributed by atoms with van der Waals surface area (Å²) in [5, 5.41) is 9.85. The Kier molecular flexibility index (Phi) is 6.64. The summed E-state index contributed by atoms with van der Waals surface area (Å²) in [6.07, 6.45) is 1.03. The van der Waals surface area contributed by atoms with Crippen LogP contribution in [0.2, 0.25) is 0 Å². The van der Waals surface area contributed by atoms with Crippen LogP contribution >= 0.6 is 0 Å². The number of para-hydroxylation sites is 2. The van der Waals surface area contributed by atoms with E-state index in [1.807, 2.05) is 19.1 Å². The number of hydrogen-bond donors (Lipinski definition) is 2. The summed E-state index contributed by atoms with van der Waals surface area (Å²) >= 11 is 0. The topological polar surface area (TPSA) is 101 Å². The number of aryl methyl sites for hydroxylation is 1. The van der Waals surface area contributed by atoms with Crippen LogP contribution in [0.15, 0.2) is 106 Å². The van der Waals surface area contributed by atoms with Crippen LogP contribution in [0.5, 0.6) is 0 Å². The van der Waals surface area contributed by atoms with Gasteiger partial charge < -0.3 is 13.9 Å². The molecule has 0 unspecified atom stereocenters. The lowest BCUT2D eigenvalue weighted by molar-refractivity contribution is -0.937. The van der Waals surface area contributed by atoms with E-state index in [0.29, 0.717) is 17.1 Å². The molecule has 7 rings (SSSR count). The minimum atomic E-state index is -3.80. The van der Waals surface area contributed by atoms with Gasteiger partial charge in [0.05, 0.1) is 29.7 Å². The summed E-state index contributed by atoms with van der Waals surface area (Å²) in [6.45, 7) is 4.89. The molecule has 3 heterocycles. The number of benzene rings is 4. The summed E-state index contributed by atoms with van der Waals surface area (Å²) < 4.78 is 35.8. The van der Waals surface area contributed by atoms with Crippen LogP contribution in [-0.4, -0.2) is 41.7 Å². The van der Waals surface area contributed by atoms with Crippen molar-refractivity contribution in [1.29, 1.82) is 0 Å². The van der Waals surface area contributed by atoms with E-state index in [1.54, 1.807) is 48.5 Å². The maximum atomic E-state index is 13.0. The molecule has 2 aromatic heterocycles. The molecule has 0 radical (unpaired) electrons. The molecule has 0 aliphatic carbocycles. The molecule has 1 atom stereocenters. The van der Waals surface area contributed by atoms with Crippen molar-refractivity contribution in [2.24, 2.45) is 0 Å². The van der Waals surface area contributed by atoms with Crippen molar-refractivity contribution in [2.45, 2.75) is 31.3 Å². The molecule has 2 N–H and O–H groups in total. The van der Waals surface area contributed by atoms with Gasteiger partial charge in [-0.2, -0.15) is 0 Å². The maximum Gasteiger partial charge on any atom is 0.261 e. The van der Waals surface area contributed by atoms with Gasteiger partial charge in [-0.05, 0) is 49.4 Å². The second kappa shape index (κ2) is 10.5. The van der Waals surface area contributed by atoms with Gasteiger partial charge in [-0.1, -0.05) is 60.2 Å². The molecule has 0 saturated heterocycles. The number of likely N-dealkylation sites (N-methyl/N-ethyl adjacent to an activating group) is 1. The molecule has 43 heavy (non-hydrogen) atoms. The Morgan fingerprint density at radius 1 is 0.884 bits per heavy atom. The molecular formula is C34H32N5O3S+. The van der Waals surface area contributed by atoms with E-state index in [4.69, 9.17) is 4.42 Å². The first-order valence-electron chi connectivity index (χ1n) is 14.3. The lowest BCUT2D eigenvalue weighted by atomic mass is 10.0. The first-order chi connectivity index (χ1) is 20.8. The lowest BCUT2D eigenvalue weighted by Crippen LogP contribution is -2.46. The molecule has 0 spiro atoms. The predicted molar refractivity (Wildman–Crippen MR) is 168 cm³/mol. The number of rotatable bonds is 7. The highest BCUT2D eigenvalue weighted by atomic mass is 32.2. The highest BCUT2D eigenvalue weighted by Crippen LogP contribution is 2.33. The van der Waals surface area contributed by atoms with E-state index in [-0.39, 0.29) is 10.8 Å². The summed E-state index contributed by atoms with van der Waals surface area (Å²) in [4.78, 5) is 3.80. The second-order valence-electron chi connectivity index (χ2n) is 11.6. The first-order valence-corrected chi connectivity index (χ1v) is 15.8. The van der Waals surface area contributed by atoms with E-state index < -0.39 is 10.0 Å². The molecule has 6 aromatic rings. The van der Waals surface area contributed by atoms with Crippen LogP contribution in [-0.2, 0) is 29.5 Å². The van der Waals surface area contributed by atoms with Gasteiger partial charge in [-0.25, -0.2) is 8.42 Å². The number of hydrogen-bond acceptors (Lipinski definition) is 5. The fourth-order valence-corrected chi connectivity index (χ4v) is 7.03. The summed E-state index contributed by atoms with van der Waals surface area (Å²) in [6, 6.07) is 30.5. The normalized spacial score (nSPS) is 16.7. The van der Waals surface area contributed by atoms with Crippen molar-refractivity contribution in [3.8, 4) is 22.9 Å². The zero-order valence-electron chi connectivity index (χ0n) is 24.0. The van der Waals surface area contributed by atoms with E-state index in [9.17, 15) is 8.42 Å². The number of anilines is 1. The zero-order valence-corrected chi connectivity index (χ0v) is 24.9. The standard InChI is InChI=1S/C34H32N5O3S/c1-23-11-17-26(18-12-23)43(40,41)38-32-10-6-4-8-28(32)34-37-36-33(42-34)25-15-13-24(14-16-25)21-39(2)20-19-31-29(22-39)27-7-3-5-9-30(27)35-31/h3-18,35,38H,19-22H2,1-2H3/q+1/t39-/m0/s1. The Hall–Kier alpha value is -4.73.